The summed E-state index contributed by atoms with van der Waals surface area (Å²) in [4.78, 5) is 2.59. The lowest BCUT2D eigenvalue weighted by Gasteiger charge is -2.50. The molecule has 120 valence electrons. The summed E-state index contributed by atoms with van der Waals surface area (Å²) in [6, 6.07) is 0. The Balaban J connectivity index is 0.000000221. The van der Waals surface area contributed by atoms with E-state index in [1.165, 1.54) is 56.7 Å². The summed E-state index contributed by atoms with van der Waals surface area (Å²) in [5, 5.41) is 0. The average molecular weight is 319 g/mol. The lowest BCUT2D eigenvalue weighted by Crippen LogP contribution is -2.67. The van der Waals surface area contributed by atoms with Gasteiger partial charge in [0, 0.05) is 26.1 Å². The predicted molar refractivity (Wildman–Crippen MR) is 65.6 cm³/mol. The van der Waals surface area contributed by atoms with E-state index in [1.807, 2.05) is 0 Å². The van der Waals surface area contributed by atoms with Crippen LogP contribution in [0.5, 0.6) is 0 Å². The Kier molecular flexibility index (Phi) is 5.79. The highest BCUT2D eigenvalue weighted by atomic mass is 32.2. The number of hydrogen-bond acceptors (Lipinski definition) is 5. The Morgan fingerprint density at radius 3 is 1.85 bits per heavy atom. The Labute approximate surface area is 116 Å². The average Bonchev–Trinajstić information content (AvgIpc) is 2.37. The molecule has 3 fully saturated rings. The molecule has 3 heterocycles. The third kappa shape index (κ3) is 4.85. The van der Waals surface area contributed by atoms with E-state index in [-0.39, 0.29) is 0 Å². The minimum absolute atomic E-state index is 0.865. The third-order valence-corrected chi connectivity index (χ3v) is 4.36. The molecule has 20 heavy (non-hydrogen) atoms. The highest BCUT2D eigenvalue weighted by molar-refractivity contribution is 7.86. The van der Waals surface area contributed by atoms with Crippen LogP contribution in [0.25, 0.3) is 0 Å². The number of fused-ring (bicyclic) bond motifs is 3. The van der Waals surface area contributed by atoms with Crippen LogP contribution in [0.2, 0.25) is 0 Å². The molecule has 0 atom stereocenters. The number of halogens is 3. The Bertz CT molecular complexity index is 392. The van der Waals surface area contributed by atoms with Crippen molar-refractivity contribution in [2.75, 3.05) is 52.4 Å². The largest absolute Gasteiger partial charge is 0.741 e. The summed E-state index contributed by atoms with van der Waals surface area (Å²) in [6.45, 7) is 10.3. The first-order valence-electron chi connectivity index (χ1n) is 6.39. The van der Waals surface area contributed by atoms with Crippen molar-refractivity contribution < 1.29 is 30.6 Å². The molecule has 10 heteroatoms. The molecule has 0 amide bonds. The van der Waals surface area contributed by atoms with Crippen LogP contribution < -0.4 is 5.73 Å². The van der Waals surface area contributed by atoms with Gasteiger partial charge in [0.05, 0.1) is 26.2 Å². The molecule has 0 aliphatic carbocycles. The van der Waals surface area contributed by atoms with E-state index in [4.69, 9.17) is 18.7 Å². The van der Waals surface area contributed by atoms with Gasteiger partial charge in [0.2, 0.25) is 0 Å². The molecular weight excluding hydrogens is 299 g/mol. The van der Waals surface area contributed by atoms with E-state index >= 15 is 0 Å². The lowest BCUT2D eigenvalue weighted by atomic mass is 10.1. The molecule has 6 nitrogen and oxygen atoms in total. The number of rotatable bonds is 3. The van der Waals surface area contributed by atoms with Crippen LogP contribution >= 0.6 is 0 Å². The van der Waals surface area contributed by atoms with Crippen molar-refractivity contribution in [1.29, 1.82) is 0 Å². The molecule has 0 aromatic carbocycles. The van der Waals surface area contributed by atoms with Crippen molar-refractivity contribution in [3.05, 3.63) is 0 Å². The van der Waals surface area contributed by atoms with Crippen LogP contribution in [0.4, 0.5) is 13.2 Å². The van der Waals surface area contributed by atoms with Crippen molar-refractivity contribution in [2.24, 2.45) is 5.73 Å². The van der Waals surface area contributed by atoms with Crippen LogP contribution in [0, 0.1) is 0 Å². The fourth-order valence-electron chi connectivity index (χ4n) is 2.49. The second-order valence-electron chi connectivity index (χ2n) is 5.12. The molecule has 3 aliphatic rings. The molecule has 0 aromatic rings. The van der Waals surface area contributed by atoms with E-state index in [9.17, 15) is 13.2 Å². The molecule has 0 saturated carbocycles. The standard InChI is InChI=1S/C9H20N3.CHF3O3S/c10-2-1-6-12-7-3-11(4-8-12)5-9-12;2-1(3,4)8(5,6)7/h1-10H2;(H,5,6,7)/q+1;/p-1. The van der Waals surface area contributed by atoms with Gasteiger partial charge < -0.3 is 14.8 Å². The second kappa shape index (κ2) is 6.56. The molecule has 3 rings (SSSR count). The number of hydrogen-bond donors (Lipinski definition) is 1. The first-order valence-corrected chi connectivity index (χ1v) is 7.80. The summed E-state index contributed by atoms with van der Waals surface area (Å²) < 4.78 is 60.3. The van der Waals surface area contributed by atoms with Crippen molar-refractivity contribution >= 4 is 10.1 Å². The maximum atomic E-state index is 10.7. The zero-order valence-electron chi connectivity index (χ0n) is 11.1. The number of alkyl halides is 3. The molecule has 0 aromatic heterocycles. The topological polar surface area (TPSA) is 86.5 Å². The van der Waals surface area contributed by atoms with E-state index < -0.39 is 15.6 Å². The zero-order valence-corrected chi connectivity index (χ0v) is 11.9. The van der Waals surface area contributed by atoms with E-state index in [0.717, 1.165) is 6.54 Å². The molecule has 2 N–H and O–H groups in total. The van der Waals surface area contributed by atoms with E-state index in [1.54, 1.807) is 0 Å². The highest BCUT2D eigenvalue weighted by Gasteiger charge is 2.37. The zero-order chi connectivity index (χ0) is 15.4. The number of quaternary nitrogens is 1. The maximum Gasteiger partial charge on any atom is 0.485 e. The summed E-state index contributed by atoms with van der Waals surface area (Å²) >= 11 is 0. The monoisotopic (exact) mass is 319 g/mol. The van der Waals surface area contributed by atoms with Crippen molar-refractivity contribution in [1.82, 2.24) is 4.90 Å². The molecule has 3 saturated heterocycles. The smallest absolute Gasteiger partial charge is 0.485 e. The number of nitrogens with two attached hydrogens (primary N) is 1. The number of piperazine rings is 3. The van der Waals surface area contributed by atoms with Gasteiger partial charge in [-0.1, -0.05) is 0 Å². The van der Waals surface area contributed by atoms with Crippen LogP contribution in [0.15, 0.2) is 0 Å². The minimum atomic E-state index is -6.09. The predicted octanol–water partition coefficient (Wildman–Crippen LogP) is -0.467. The van der Waals surface area contributed by atoms with Gasteiger partial charge in [-0.05, 0) is 6.54 Å². The third-order valence-electron chi connectivity index (χ3n) is 3.79. The lowest BCUT2D eigenvalue weighted by molar-refractivity contribution is -0.941. The summed E-state index contributed by atoms with van der Waals surface area (Å²) in [5.41, 5.74) is -0.0942. The van der Waals surface area contributed by atoms with Gasteiger partial charge in [-0.2, -0.15) is 13.2 Å². The van der Waals surface area contributed by atoms with Crippen molar-refractivity contribution in [2.45, 2.75) is 11.9 Å². The molecule has 0 radical (unpaired) electrons. The van der Waals surface area contributed by atoms with Gasteiger partial charge in [-0.25, -0.2) is 8.42 Å². The van der Waals surface area contributed by atoms with Crippen molar-refractivity contribution in [3.63, 3.8) is 0 Å². The summed E-state index contributed by atoms with van der Waals surface area (Å²) in [6.07, 6.45) is 1.21. The molecule has 2 bridgehead atoms. The summed E-state index contributed by atoms with van der Waals surface area (Å²) in [5.74, 6) is 0. The fourth-order valence-corrected chi connectivity index (χ4v) is 2.49. The summed E-state index contributed by atoms with van der Waals surface area (Å²) in [7, 11) is -6.09. The van der Waals surface area contributed by atoms with Crippen LogP contribution in [-0.4, -0.2) is 80.2 Å². The minimum Gasteiger partial charge on any atom is -0.741 e. The van der Waals surface area contributed by atoms with Gasteiger partial charge in [0.25, 0.3) is 0 Å². The van der Waals surface area contributed by atoms with Crippen LogP contribution in [0.3, 0.4) is 0 Å². The Hall–Kier alpha value is -0.420. The Morgan fingerprint density at radius 2 is 1.55 bits per heavy atom. The fraction of sp³-hybridized carbons (Fsp3) is 1.00. The van der Waals surface area contributed by atoms with E-state index in [0.29, 0.717) is 0 Å². The second-order valence-corrected chi connectivity index (χ2v) is 6.49. The highest BCUT2D eigenvalue weighted by Crippen LogP contribution is 2.20. The SMILES string of the molecule is NCCC[N+]12CCN(CC1)CC2.O=S(=O)([O-])C(F)(F)F. The van der Waals surface area contributed by atoms with Gasteiger partial charge in [-0.3, -0.25) is 4.90 Å². The van der Waals surface area contributed by atoms with Gasteiger partial charge in [-0.15, -0.1) is 0 Å². The molecule has 0 spiro atoms. The van der Waals surface area contributed by atoms with Gasteiger partial charge in [0.15, 0.2) is 10.1 Å². The Morgan fingerprint density at radius 1 is 1.15 bits per heavy atom. The quantitative estimate of drug-likeness (QED) is 0.432. The number of nitrogens with zero attached hydrogens (tertiary/aromatic N) is 2. The van der Waals surface area contributed by atoms with Gasteiger partial charge >= 0.3 is 5.51 Å². The first kappa shape index (κ1) is 17.6. The molecular formula is C10H20F3N3O3S. The molecule has 0 unspecified atom stereocenters. The molecule has 3 aliphatic heterocycles. The normalized spacial score (nSPS) is 29.8. The first-order chi connectivity index (χ1) is 9.10. The van der Waals surface area contributed by atoms with E-state index in [2.05, 4.69) is 4.90 Å². The van der Waals surface area contributed by atoms with Crippen LogP contribution in [-0.2, 0) is 10.1 Å². The maximum absolute atomic E-state index is 10.7. The van der Waals surface area contributed by atoms with Crippen LogP contribution in [0.1, 0.15) is 6.42 Å². The van der Waals surface area contributed by atoms with Gasteiger partial charge in [0.1, 0.15) is 0 Å². The van der Waals surface area contributed by atoms with Crippen molar-refractivity contribution in [3.8, 4) is 0 Å².